The number of hydrogen-bond acceptors (Lipinski definition) is 5. The van der Waals surface area contributed by atoms with E-state index < -0.39 is 11.2 Å². The molecule has 1 amide bonds. The number of benzene rings is 2. The van der Waals surface area contributed by atoms with Gasteiger partial charge < -0.3 is 16.0 Å². The zero-order chi connectivity index (χ0) is 24.8. The number of aromatic amines is 1. The number of aromatic nitrogens is 2. The minimum Gasteiger partial charge on any atom is -0.383 e. The first kappa shape index (κ1) is 25.2. The third kappa shape index (κ3) is 5.75. The number of hydrogen-bond donors (Lipinski definition) is 3. The highest BCUT2D eigenvalue weighted by atomic mass is 16.2. The first-order chi connectivity index (χ1) is 16.2. The second kappa shape index (κ2) is 11.2. The van der Waals surface area contributed by atoms with E-state index in [9.17, 15) is 14.4 Å². The van der Waals surface area contributed by atoms with E-state index in [4.69, 9.17) is 5.73 Å². The van der Waals surface area contributed by atoms with E-state index >= 15 is 0 Å². The number of amides is 1. The summed E-state index contributed by atoms with van der Waals surface area (Å²) in [6, 6.07) is 14.3. The Labute approximate surface area is 199 Å². The molecule has 0 bridgehead atoms. The quantitative estimate of drug-likeness (QED) is 0.425. The van der Waals surface area contributed by atoms with E-state index in [-0.39, 0.29) is 35.9 Å². The zero-order valence-corrected chi connectivity index (χ0v) is 20.4. The number of nitrogens with two attached hydrogens (primary N) is 1. The van der Waals surface area contributed by atoms with Crippen LogP contribution in [0.1, 0.15) is 52.1 Å². The number of carbonyl (C=O) groups is 1. The van der Waals surface area contributed by atoms with E-state index in [0.717, 1.165) is 22.8 Å². The third-order valence-electron chi connectivity index (χ3n) is 5.90. The lowest BCUT2D eigenvalue weighted by molar-refractivity contribution is -0.118. The Bertz CT molecular complexity index is 1260. The SMILES string of the molecule is CCCCN(C(=O)CN[C@@H](C)c1ccc2ccccc2c1)c1c(N)n(CC(C)C)c(=O)[nH]c1=O. The molecule has 0 aliphatic rings. The van der Waals surface area contributed by atoms with Gasteiger partial charge in [-0.3, -0.25) is 19.1 Å². The predicted molar refractivity (Wildman–Crippen MR) is 138 cm³/mol. The lowest BCUT2D eigenvalue weighted by Crippen LogP contribution is -2.45. The van der Waals surface area contributed by atoms with E-state index in [2.05, 4.69) is 34.6 Å². The number of rotatable bonds is 10. The summed E-state index contributed by atoms with van der Waals surface area (Å²) < 4.78 is 1.33. The van der Waals surface area contributed by atoms with Gasteiger partial charge >= 0.3 is 5.69 Å². The normalized spacial score (nSPS) is 12.3. The average Bonchev–Trinajstić information content (AvgIpc) is 2.81. The van der Waals surface area contributed by atoms with E-state index in [1.54, 1.807) is 0 Å². The number of H-pyrrole nitrogens is 1. The van der Waals surface area contributed by atoms with Crippen molar-refractivity contribution >= 4 is 28.2 Å². The number of unbranched alkanes of at least 4 members (excludes halogenated alkanes) is 1. The molecule has 4 N–H and O–H groups in total. The number of fused-ring (bicyclic) bond motifs is 1. The van der Waals surface area contributed by atoms with Crippen LogP contribution in [0, 0.1) is 5.92 Å². The number of nitrogens with zero attached hydrogens (tertiary/aromatic N) is 2. The van der Waals surface area contributed by atoms with Crippen LogP contribution in [0.5, 0.6) is 0 Å². The molecular formula is C26H35N5O3. The Kier molecular flexibility index (Phi) is 8.28. The maximum atomic E-state index is 13.3. The van der Waals surface area contributed by atoms with Crippen LogP contribution in [0.2, 0.25) is 0 Å². The molecule has 0 fully saturated rings. The molecule has 2 aromatic carbocycles. The van der Waals surface area contributed by atoms with Crippen molar-refractivity contribution in [3.8, 4) is 0 Å². The highest BCUT2D eigenvalue weighted by molar-refractivity contribution is 5.96. The van der Waals surface area contributed by atoms with Gasteiger partial charge in [-0.25, -0.2) is 4.79 Å². The van der Waals surface area contributed by atoms with Crippen molar-refractivity contribution in [2.24, 2.45) is 5.92 Å². The van der Waals surface area contributed by atoms with Crippen LogP contribution in [0.25, 0.3) is 10.8 Å². The molecular weight excluding hydrogens is 430 g/mol. The van der Waals surface area contributed by atoms with Crippen LogP contribution in [-0.4, -0.2) is 28.5 Å². The Balaban J connectivity index is 1.84. The number of anilines is 2. The molecule has 0 aliphatic carbocycles. The highest BCUT2D eigenvalue weighted by Gasteiger charge is 2.24. The fraction of sp³-hybridized carbons (Fsp3) is 0.423. The Hall–Kier alpha value is -3.39. The van der Waals surface area contributed by atoms with Gasteiger partial charge in [0.15, 0.2) is 5.69 Å². The molecule has 3 aromatic rings. The van der Waals surface area contributed by atoms with Crippen molar-refractivity contribution in [1.82, 2.24) is 14.9 Å². The van der Waals surface area contributed by atoms with Gasteiger partial charge in [-0.05, 0) is 41.7 Å². The molecule has 0 unspecified atom stereocenters. The van der Waals surface area contributed by atoms with Gasteiger partial charge in [0, 0.05) is 19.1 Å². The van der Waals surface area contributed by atoms with Crippen molar-refractivity contribution in [2.75, 3.05) is 23.7 Å². The van der Waals surface area contributed by atoms with Crippen molar-refractivity contribution in [3.05, 3.63) is 68.9 Å². The highest BCUT2D eigenvalue weighted by Crippen LogP contribution is 2.21. The number of nitrogen functional groups attached to an aromatic ring is 1. The zero-order valence-electron chi connectivity index (χ0n) is 20.4. The summed E-state index contributed by atoms with van der Waals surface area (Å²) in [5, 5.41) is 5.57. The molecule has 8 nitrogen and oxygen atoms in total. The summed E-state index contributed by atoms with van der Waals surface area (Å²) in [6.45, 7) is 8.63. The summed E-state index contributed by atoms with van der Waals surface area (Å²) in [5.74, 6) is -0.106. The largest absolute Gasteiger partial charge is 0.383 e. The van der Waals surface area contributed by atoms with E-state index in [0.29, 0.717) is 19.5 Å². The van der Waals surface area contributed by atoms with Crippen LogP contribution in [-0.2, 0) is 11.3 Å². The van der Waals surface area contributed by atoms with Crippen LogP contribution in [0.4, 0.5) is 11.5 Å². The third-order valence-corrected chi connectivity index (χ3v) is 5.90. The Morgan fingerprint density at radius 3 is 2.50 bits per heavy atom. The molecule has 0 radical (unpaired) electrons. The maximum Gasteiger partial charge on any atom is 0.330 e. The second-order valence-corrected chi connectivity index (χ2v) is 9.11. The van der Waals surface area contributed by atoms with Gasteiger partial charge in [-0.1, -0.05) is 63.6 Å². The molecule has 8 heteroatoms. The first-order valence-corrected chi connectivity index (χ1v) is 11.9. The molecule has 34 heavy (non-hydrogen) atoms. The molecule has 3 rings (SSSR count). The molecule has 1 heterocycles. The molecule has 182 valence electrons. The van der Waals surface area contributed by atoms with Crippen LogP contribution in [0.3, 0.4) is 0 Å². The Morgan fingerprint density at radius 2 is 1.82 bits per heavy atom. The van der Waals surface area contributed by atoms with Crippen LogP contribution < -0.4 is 27.2 Å². The maximum absolute atomic E-state index is 13.3. The van der Waals surface area contributed by atoms with Crippen LogP contribution in [0.15, 0.2) is 52.1 Å². The summed E-state index contributed by atoms with van der Waals surface area (Å²) >= 11 is 0. The predicted octanol–water partition coefficient (Wildman–Crippen LogP) is 3.41. The fourth-order valence-electron chi connectivity index (χ4n) is 3.99. The summed E-state index contributed by atoms with van der Waals surface area (Å²) in [7, 11) is 0. The first-order valence-electron chi connectivity index (χ1n) is 11.9. The van der Waals surface area contributed by atoms with Crippen molar-refractivity contribution < 1.29 is 4.79 Å². The minimum atomic E-state index is -0.644. The lowest BCUT2D eigenvalue weighted by atomic mass is 10.0. The number of nitrogens with one attached hydrogen (secondary N) is 2. The van der Waals surface area contributed by atoms with Gasteiger partial charge in [0.1, 0.15) is 5.82 Å². The van der Waals surface area contributed by atoms with Crippen LogP contribution >= 0.6 is 0 Å². The standard InChI is InChI=1S/C26H35N5O3/c1-5-6-13-30(23-24(27)31(16-17(2)3)26(34)29-25(23)33)22(32)15-28-18(4)20-12-11-19-9-7-8-10-21(19)14-20/h7-12,14,17-18,28H,5-6,13,15-16,27H2,1-4H3,(H,29,33,34)/t18-/m0/s1. The van der Waals surface area contributed by atoms with Gasteiger partial charge in [0.05, 0.1) is 6.54 Å². The molecule has 0 spiro atoms. The average molecular weight is 466 g/mol. The molecule has 1 atom stereocenters. The smallest absolute Gasteiger partial charge is 0.330 e. The van der Waals surface area contributed by atoms with Crippen molar-refractivity contribution in [2.45, 2.75) is 53.1 Å². The lowest BCUT2D eigenvalue weighted by Gasteiger charge is -2.26. The molecule has 0 saturated carbocycles. The summed E-state index contributed by atoms with van der Waals surface area (Å²) in [5.41, 5.74) is 6.17. The van der Waals surface area contributed by atoms with Crippen molar-refractivity contribution in [3.63, 3.8) is 0 Å². The fourth-order valence-corrected chi connectivity index (χ4v) is 3.99. The van der Waals surface area contributed by atoms with Gasteiger partial charge in [-0.15, -0.1) is 0 Å². The van der Waals surface area contributed by atoms with E-state index in [1.165, 1.54) is 9.47 Å². The Morgan fingerprint density at radius 1 is 1.12 bits per heavy atom. The monoisotopic (exact) mass is 465 g/mol. The van der Waals surface area contributed by atoms with Gasteiger partial charge in [-0.2, -0.15) is 0 Å². The van der Waals surface area contributed by atoms with Gasteiger partial charge in [0.2, 0.25) is 5.91 Å². The summed E-state index contributed by atoms with van der Waals surface area (Å²) in [6.07, 6.45) is 1.54. The second-order valence-electron chi connectivity index (χ2n) is 9.11. The molecule has 1 aromatic heterocycles. The minimum absolute atomic E-state index is 0.0227. The van der Waals surface area contributed by atoms with Gasteiger partial charge in [0.25, 0.3) is 5.56 Å². The topological polar surface area (TPSA) is 113 Å². The van der Waals surface area contributed by atoms with Crippen molar-refractivity contribution in [1.29, 1.82) is 0 Å². The summed E-state index contributed by atoms with van der Waals surface area (Å²) in [4.78, 5) is 42.1. The van der Waals surface area contributed by atoms with E-state index in [1.807, 2.05) is 45.9 Å². The molecule has 0 saturated heterocycles. The number of carbonyl (C=O) groups excluding carboxylic acids is 1. The molecule has 0 aliphatic heterocycles.